The van der Waals surface area contributed by atoms with E-state index in [2.05, 4.69) is 36.9 Å². The number of imide groups is 2. The van der Waals surface area contributed by atoms with Crippen molar-refractivity contribution in [2.45, 2.75) is 50.7 Å². The highest BCUT2D eigenvalue weighted by Gasteiger charge is 2.45. The normalized spacial score (nSPS) is 21.3. The van der Waals surface area contributed by atoms with Crippen molar-refractivity contribution in [3.63, 3.8) is 0 Å². The van der Waals surface area contributed by atoms with E-state index >= 15 is 4.39 Å². The number of aromatic nitrogens is 2. The molecule has 1 unspecified atom stereocenters. The van der Waals surface area contributed by atoms with Crippen molar-refractivity contribution in [1.29, 1.82) is 0 Å². The van der Waals surface area contributed by atoms with Crippen molar-refractivity contribution >= 4 is 52.6 Å². The van der Waals surface area contributed by atoms with E-state index in [9.17, 15) is 19.2 Å². The SMILES string of the molecule is CC1(N)CCN(c2cnc(-c3cccc(N4CCN(Cc5cc6c(cc5F)C(=O)N(C5CCC(=O)NC5=O)C6=O)CC4)c3Cl)c(N)n2)CC1. The number of fused-ring (bicyclic) bond motifs is 1. The number of benzene rings is 2. The van der Waals surface area contributed by atoms with Crippen LogP contribution in [0.4, 0.5) is 21.7 Å². The summed E-state index contributed by atoms with van der Waals surface area (Å²) in [5.41, 5.74) is 14.8. The molecule has 13 nitrogen and oxygen atoms in total. The van der Waals surface area contributed by atoms with Crippen LogP contribution in [0.3, 0.4) is 0 Å². The lowest BCUT2D eigenvalue weighted by molar-refractivity contribution is -0.136. The number of rotatable bonds is 6. The van der Waals surface area contributed by atoms with Gasteiger partial charge in [-0.3, -0.25) is 34.3 Å². The van der Waals surface area contributed by atoms with Crippen LogP contribution >= 0.6 is 11.6 Å². The molecule has 3 aromatic rings. The maximum absolute atomic E-state index is 15.3. The first kappa shape index (κ1) is 32.9. The molecule has 5 heterocycles. The Hall–Kier alpha value is -4.66. The van der Waals surface area contributed by atoms with Crippen molar-refractivity contribution < 1.29 is 23.6 Å². The Morgan fingerprint density at radius 3 is 2.35 bits per heavy atom. The van der Waals surface area contributed by atoms with E-state index < -0.39 is 35.5 Å². The van der Waals surface area contributed by atoms with E-state index in [1.165, 1.54) is 6.07 Å². The van der Waals surface area contributed by atoms with Crippen LogP contribution in [0.2, 0.25) is 5.02 Å². The molecule has 0 aliphatic carbocycles. The number of amides is 4. The van der Waals surface area contributed by atoms with Crippen LogP contribution in [0.1, 0.15) is 58.9 Å². The zero-order valence-electron chi connectivity index (χ0n) is 27.0. The Morgan fingerprint density at radius 2 is 1.67 bits per heavy atom. The minimum absolute atomic E-state index is 0.00854. The third-order valence-electron chi connectivity index (χ3n) is 9.96. The Bertz CT molecular complexity index is 1870. The predicted molar refractivity (Wildman–Crippen MR) is 181 cm³/mol. The molecule has 0 radical (unpaired) electrons. The lowest BCUT2D eigenvalue weighted by atomic mass is 9.91. The number of hydrogen-bond donors (Lipinski definition) is 3. The summed E-state index contributed by atoms with van der Waals surface area (Å²) >= 11 is 6.96. The standard InChI is InChI=1S/C34H37ClFN9O4/c1-34(38)7-9-44(10-8-34)26-17-39-29(30(37)40-26)20-3-2-4-24(28(20)35)43-13-11-42(12-14-43)18-19-15-21-22(16-23(19)36)33(49)45(32(21)48)25-5-6-27(46)41-31(25)47/h2-4,15-17,25H,5-14,18,38H2,1H3,(H2,37,40)(H,41,46,47). The summed E-state index contributed by atoms with van der Waals surface area (Å²) in [6, 6.07) is 7.07. The molecule has 4 aliphatic rings. The molecule has 256 valence electrons. The maximum Gasteiger partial charge on any atom is 0.262 e. The Labute approximate surface area is 287 Å². The van der Waals surface area contributed by atoms with Crippen LogP contribution in [0.25, 0.3) is 11.3 Å². The molecule has 0 saturated carbocycles. The van der Waals surface area contributed by atoms with Gasteiger partial charge in [-0.1, -0.05) is 23.7 Å². The minimum atomic E-state index is -1.11. The van der Waals surface area contributed by atoms with Crippen molar-refractivity contribution in [1.82, 2.24) is 25.1 Å². The third-order valence-corrected chi connectivity index (χ3v) is 10.4. The van der Waals surface area contributed by atoms with Crippen molar-refractivity contribution in [3.8, 4) is 11.3 Å². The molecule has 3 saturated heterocycles. The van der Waals surface area contributed by atoms with Crippen LogP contribution in [0.5, 0.6) is 0 Å². The number of carbonyl (C=O) groups is 4. The number of nitrogens with one attached hydrogen (secondary N) is 1. The molecule has 49 heavy (non-hydrogen) atoms. The number of carbonyl (C=O) groups excluding carboxylic acids is 4. The Morgan fingerprint density at radius 1 is 0.980 bits per heavy atom. The summed E-state index contributed by atoms with van der Waals surface area (Å²) in [4.78, 5) is 66.7. The van der Waals surface area contributed by atoms with E-state index in [1.807, 2.05) is 18.2 Å². The third kappa shape index (κ3) is 6.20. The predicted octanol–water partition coefficient (Wildman–Crippen LogP) is 2.56. The fourth-order valence-corrected chi connectivity index (χ4v) is 7.33. The Kier molecular flexibility index (Phi) is 8.49. The molecule has 0 bridgehead atoms. The smallest absolute Gasteiger partial charge is 0.262 e. The van der Waals surface area contributed by atoms with Crippen LogP contribution in [0, 0.1) is 5.82 Å². The summed E-state index contributed by atoms with van der Waals surface area (Å²) in [6.45, 7) is 6.22. The van der Waals surface area contributed by atoms with Gasteiger partial charge in [-0.05, 0) is 44.4 Å². The zero-order chi connectivity index (χ0) is 34.6. The number of hydrogen-bond acceptors (Lipinski definition) is 11. The monoisotopic (exact) mass is 689 g/mol. The Balaban J connectivity index is 1.01. The van der Waals surface area contributed by atoms with Crippen molar-refractivity contribution in [2.24, 2.45) is 5.73 Å². The molecule has 1 atom stereocenters. The lowest BCUT2D eigenvalue weighted by Gasteiger charge is -2.37. The van der Waals surface area contributed by atoms with E-state index in [0.29, 0.717) is 54.1 Å². The molecule has 4 aliphatic heterocycles. The van der Waals surface area contributed by atoms with E-state index in [-0.39, 0.29) is 41.6 Å². The first-order valence-electron chi connectivity index (χ1n) is 16.4. The summed E-state index contributed by atoms with van der Waals surface area (Å²) < 4.78 is 15.3. The van der Waals surface area contributed by atoms with Gasteiger partial charge < -0.3 is 21.3 Å². The van der Waals surface area contributed by atoms with Crippen LogP contribution in [-0.4, -0.2) is 94.2 Å². The van der Waals surface area contributed by atoms with Gasteiger partial charge in [0.2, 0.25) is 11.8 Å². The molecule has 3 fully saturated rings. The second-order valence-corrected chi connectivity index (χ2v) is 13.8. The molecular formula is C34H37ClFN9O4. The summed E-state index contributed by atoms with van der Waals surface area (Å²) in [7, 11) is 0. The lowest BCUT2D eigenvalue weighted by Crippen LogP contribution is -2.54. The van der Waals surface area contributed by atoms with E-state index in [4.69, 9.17) is 23.1 Å². The van der Waals surface area contributed by atoms with Crippen molar-refractivity contribution in [2.75, 3.05) is 54.8 Å². The van der Waals surface area contributed by atoms with Gasteiger partial charge in [0.05, 0.1) is 28.0 Å². The number of nitrogens with two attached hydrogens (primary N) is 2. The molecule has 15 heteroatoms. The molecule has 4 amide bonds. The highest BCUT2D eigenvalue weighted by atomic mass is 35.5. The van der Waals surface area contributed by atoms with Gasteiger partial charge in [-0.25, -0.2) is 14.4 Å². The van der Waals surface area contributed by atoms with Gasteiger partial charge in [0.25, 0.3) is 11.8 Å². The van der Waals surface area contributed by atoms with E-state index in [1.54, 1.807) is 6.20 Å². The molecular weight excluding hydrogens is 653 g/mol. The maximum atomic E-state index is 15.3. The highest BCUT2D eigenvalue weighted by molar-refractivity contribution is 6.36. The van der Waals surface area contributed by atoms with Gasteiger partial charge in [0.1, 0.15) is 23.4 Å². The summed E-state index contributed by atoms with van der Waals surface area (Å²) in [5, 5.41) is 2.67. The first-order chi connectivity index (χ1) is 23.4. The first-order valence-corrected chi connectivity index (χ1v) is 16.7. The average molecular weight is 690 g/mol. The fourth-order valence-electron chi connectivity index (χ4n) is 6.99. The number of piperidine rings is 2. The molecule has 2 aromatic carbocycles. The fraction of sp³-hybridized carbons (Fsp3) is 0.412. The van der Waals surface area contributed by atoms with Crippen LogP contribution < -0.4 is 26.6 Å². The summed E-state index contributed by atoms with van der Waals surface area (Å²) in [6.07, 6.45) is 3.47. The van der Waals surface area contributed by atoms with E-state index in [0.717, 1.165) is 42.6 Å². The number of piperazine rings is 1. The second kappa shape index (κ2) is 12.7. The highest BCUT2D eigenvalue weighted by Crippen LogP contribution is 2.38. The number of nitrogen functional groups attached to an aromatic ring is 1. The molecule has 5 N–H and O–H groups in total. The van der Waals surface area contributed by atoms with Gasteiger partial charge >= 0.3 is 0 Å². The number of anilines is 3. The van der Waals surface area contributed by atoms with Gasteiger partial charge in [-0.2, -0.15) is 0 Å². The number of nitrogens with zero attached hydrogens (tertiary/aromatic N) is 6. The zero-order valence-corrected chi connectivity index (χ0v) is 27.8. The average Bonchev–Trinajstić information content (AvgIpc) is 3.30. The van der Waals surface area contributed by atoms with Crippen molar-refractivity contribution in [3.05, 3.63) is 64.1 Å². The topological polar surface area (TPSA) is 171 Å². The van der Waals surface area contributed by atoms with Crippen LogP contribution in [-0.2, 0) is 16.1 Å². The molecule has 1 aromatic heterocycles. The molecule has 0 spiro atoms. The van der Waals surface area contributed by atoms with Gasteiger partial charge in [0.15, 0.2) is 5.82 Å². The quantitative estimate of drug-likeness (QED) is 0.325. The van der Waals surface area contributed by atoms with Gasteiger partial charge in [0, 0.05) is 68.9 Å². The largest absolute Gasteiger partial charge is 0.382 e. The van der Waals surface area contributed by atoms with Gasteiger partial charge in [-0.15, -0.1) is 0 Å². The minimum Gasteiger partial charge on any atom is -0.382 e. The second-order valence-electron chi connectivity index (χ2n) is 13.4. The summed E-state index contributed by atoms with van der Waals surface area (Å²) in [5.74, 6) is -2.18. The van der Waals surface area contributed by atoms with Crippen LogP contribution in [0.15, 0.2) is 36.5 Å². The molecule has 7 rings (SSSR count). The number of halogens is 2.